The molecule has 1 fully saturated rings. The highest BCUT2D eigenvalue weighted by Gasteiger charge is 2.22. The highest BCUT2D eigenvalue weighted by molar-refractivity contribution is 5.94. The number of β-amino-alcohol motifs (C(OH)–C–C–N with tert-alkyl or cyclic N) is 1. The number of hydrogen-bond donors (Lipinski definition) is 1. The SMILES string of the molecule is CC(=O)c1cccc(OC[C@H](O)CN2CCN(C(=O)CC#N)CC2)c1. The number of nitrogens with zero attached hydrogens (tertiary/aromatic N) is 3. The Morgan fingerprint density at radius 1 is 1.32 bits per heavy atom. The minimum Gasteiger partial charge on any atom is -0.491 e. The molecule has 1 aromatic carbocycles. The second-order valence-corrected chi connectivity index (χ2v) is 6.07. The van der Waals surface area contributed by atoms with E-state index in [9.17, 15) is 14.7 Å². The van der Waals surface area contributed by atoms with Crippen LogP contribution in [0.5, 0.6) is 5.75 Å². The van der Waals surface area contributed by atoms with E-state index in [1.807, 2.05) is 6.07 Å². The summed E-state index contributed by atoms with van der Waals surface area (Å²) in [4.78, 5) is 26.8. The lowest BCUT2D eigenvalue weighted by atomic mass is 10.1. The van der Waals surface area contributed by atoms with Gasteiger partial charge < -0.3 is 14.7 Å². The number of nitriles is 1. The van der Waals surface area contributed by atoms with Gasteiger partial charge in [-0.15, -0.1) is 0 Å². The molecule has 0 bridgehead atoms. The van der Waals surface area contributed by atoms with Gasteiger partial charge in [0.05, 0.1) is 6.07 Å². The third kappa shape index (κ3) is 5.85. The van der Waals surface area contributed by atoms with Gasteiger partial charge in [0.2, 0.25) is 5.91 Å². The molecule has 0 unspecified atom stereocenters. The van der Waals surface area contributed by atoms with E-state index in [1.165, 1.54) is 6.92 Å². The lowest BCUT2D eigenvalue weighted by Crippen LogP contribution is -2.50. The molecule has 7 nitrogen and oxygen atoms in total. The van der Waals surface area contributed by atoms with Gasteiger partial charge in [-0.2, -0.15) is 5.26 Å². The van der Waals surface area contributed by atoms with E-state index in [0.29, 0.717) is 44.0 Å². The van der Waals surface area contributed by atoms with Gasteiger partial charge in [-0.05, 0) is 19.1 Å². The molecule has 0 saturated carbocycles. The van der Waals surface area contributed by atoms with E-state index in [-0.39, 0.29) is 24.7 Å². The van der Waals surface area contributed by atoms with Crippen LogP contribution < -0.4 is 4.74 Å². The molecule has 1 aromatic rings. The Bertz CT molecular complexity index is 648. The first-order valence-corrected chi connectivity index (χ1v) is 8.28. The van der Waals surface area contributed by atoms with Crippen molar-refractivity contribution in [1.29, 1.82) is 5.26 Å². The highest BCUT2D eigenvalue weighted by atomic mass is 16.5. The molecule has 1 aliphatic heterocycles. The normalized spacial score (nSPS) is 16.1. The number of Topliss-reactive ketones (excluding diaryl/α,β-unsaturated/α-hetero) is 1. The number of piperazine rings is 1. The fourth-order valence-corrected chi connectivity index (χ4v) is 2.71. The Balaban J connectivity index is 1.73. The molecule has 0 aromatic heterocycles. The van der Waals surface area contributed by atoms with E-state index >= 15 is 0 Å². The van der Waals surface area contributed by atoms with Crippen molar-refractivity contribution in [1.82, 2.24) is 9.80 Å². The van der Waals surface area contributed by atoms with Gasteiger partial charge >= 0.3 is 0 Å². The van der Waals surface area contributed by atoms with Crippen molar-refractivity contribution in [3.8, 4) is 11.8 Å². The van der Waals surface area contributed by atoms with Gasteiger partial charge in [-0.3, -0.25) is 14.5 Å². The molecule has 1 atom stereocenters. The molecule has 0 spiro atoms. The van der Waals surface area contributed by atoms with Crippen molar-refractivity contribution in [2.75, 3.05) is 39.3 Å². The number of amides is 1. The first-order chi connectivity index (χ1) is 12.0. The lowest BCUT2D eigenvalue weighted by Gasteiger charge is -2.35. The maximum atomic E-state index is 11.7. The van der Waals surface area contributed by atoms with Crippen LogP contribution in [0.2, 0.25) is 0 Å². The summed E-state index contributed by atoms with van der Waals surface area (Å²) < 4.78 is 5.56. The van der Waals surface area contributed by atoms with Crippen LogP contribution in [0, 0.1) is 11.3 Å². The molecule has 1 N–H and O–H groups in total. The summed E-state index contributed by atoms with van der Waals surface area (Å²) in [6, 6.07) is 8.75. The van der Waals surface area contributed by atoms with Crippen LogP contribution >= 0.6 is 0 Å². The van der Waals surface area contributed by atoms with Gasteiger partial charge in [-0.1, -0.05) is 12.1 Å². The average Bonchev–Trinajstić information content (AvgIpc) is 2.61. The Labute approximate surface area is 147 Å². The summed E-state index contributed by atoms with van der Waals surface area (Å²) in [6.07, 6.45) is -0.752. The second-order valence-electron chi connectivity index (χ2n) is 6.07. The number of carbonyl (C=O) groups is 2. The van der Waals surface area contributed by atoms with Crippen LogP contribution in [0.25, 0.3) is 0 Å². The zero-order valence-electron chi connectivity index (χ0n) is 14.4. The predicted molar refractivity (Wildman–Crippen MR) is 91.2 cm³/mol. The van der Waals surface area contributed by atoms with Crippen LogP contribution in [-0.4, -0.2) is 72.0 Å². The maximum absolute atomic E-state index is 11.7. The molecule has 0 radical (unpaired) electrons. The van der Waals surface area contributed by atoms with Crippen molar-refractivity contribution >= 4 is 11.7 Å². The molecule has 25 heavy (non-hydrogen) atoms. The van der Waals surface area contributed by atoms with E-state index in [1.54, 1.807) is 29.2 Å². The van der Waals surface area contributed by atoms with Gasteiger partial charge in [0.15, 0.2) is 5.78 Å². The summed E-state index contributed by atoms with van der Waals surface area (Å²) in [5.74, 6) is 0.380. The fourth-order valence-electron chi connectivity index (χ4n) is 2.71. The first-order valence-electron chi connectivity index (χ1n) is 8.28. The standard InChI is InChI=1S/C18H23N3O4/c1-14(22)15-3-2-4-17(11-15)25-13-16(23)12-20-7-9-21(10-8-20)18(24)5-6-19/h2-4,11,16,23H,5,7-10,12-13H2,1H3/t16-/m1/s1. The van der Waals surface area contributed by atoms with Crippen LogP contribution in [0.4, 0.5) is 0 Å². The number of rotatable bonds is 7. The van der Waals surface area contributed by atoms with Crippen molar-refractivity contribution in [3.05, 3.63) is 29.8 Å². The van der Waals surface area contributed by atoms with E-state index in [0.717, 1.165) is 0 Å². The Hall–Kier alpha value is -2.43. The predicted octanol–water partition coefficient (Wildman–Crippen LogP) is 0.687. The molecule has 1 aliphatic rings. The Morgan fingerprint density at radius 2 is 2.04 bits per heavy atom. The Morgan fingerprint density at radius 3 is 2.68 bits per heavy atom. The monoisotopic (exact) mass is 345 g/mol. The van der Waals surface area contributed by atoms with E-state index in [4.69, 9.17) is 10.00 Å². The number of aliphatic hydroxyl groups excluding tert-OH is 1. The largest absolute Gasteiger partial charge is 0.491 e. The van der Waals surface area contributed by atoms with Crippen LogP contribution in [-0.2, 0) is 4.79 Å². The van der Waals surface area contributed by atoms with Crippen molar-refractivity contribution in [3.63, 3.8) is 0 Å². The number of ketones is 1. The van der Waals surface area contributed by atoms with E-state index < -0.39 is 6.10 Å². The molecule has 1 amide bonds. The van der Waals surface area contributed by atoms with Gasteiger partial charge in [-0.25, -0.2) is 0 Å². The van der Waals surface area contributed by atoms with Crippen LogP contribution in [0.1, 0.15) is 23.7 Å². The quantitative estimate of drug-likeness (QED) is 0.731. The van der Waals surface area contributed by atoms with Crippen LogP contribution in [0.15, 0.2) is 24.3 Å². The molecule has 0 aliphatic carbocycles. The zero-order valence-corrected chi connectivity index (χ0v) is 14.4. The van der Waals surface area contributed by atoms with Gasteiger partial charge in [0.1, 0.15) is 24.9 Å². The Kier molecular flexibility index (Phi) is 6.92. The van der Waals surface area contributed by atoms with Gasteiger partial charge in [0.25, 0.3) is 0 Å². The topological polar surface area (TPSA) is 93.9 Å². The summed E-state index contributed by atoms with van der Waals surface area (Å²) in [5.41, 5.74) is 0.574. The number of ether oxygens (including phenoxy) is 1. The lowest BCUT2D eigenvalue weighted by molar-refractivity contribution is -0.132. The highest BCUT2D eigenvalue weighted by Crippen LogP contribution is 2.14. The maximum Gasteiger partial charge on any atom is 0.236 e. The average molecular weight is 345 g/mol. The van der Waals surface area contributed by atoms with Crippen LogP contribution in [0.3, 0.4) is 0 Å². The molecular weight excluding hydrogens is 322 g/mol. The molecule has 2 rings (SSSR count). The summed E-state index contributed by atoms with van der Waals surface area (Å²) in [6.45, 7) is 4.53. The van der Waals surface area contributed by atoms with Crippen molar-refractivity contribution in [2.45, 2.75) is 19.4 Å². The minimum atomic E-state index is -0.664. The first kappa shape index (κ1) is 18.9. The molecular formula is C18H23N3O4. The number of hydrogen-bond acceptors (Lipinski definition) is 6. The molecule has 1 heterocycles. The summed E-state index contributed by atoms with van der Waals surface area (Å²) in [7, 11) is 0. The van der Waals surface area contributed by atoms with Crippen molar-refractivity contribution < 1.29 is 19.4 Å². The third-order valence-electron chi connectivity index (χ3n) is 4.11. The smallest absolute Gasteiger partial charge is 0.236 e. The van der Waals surface area contributed by atoms with Gasteiger partial charge in [0, 0.05) is 38.3 Å². The fraction of sp³-hybridized carbons (Fsp3) is 0.500. The number of carbonyl (C=O) groups excluding carboxylic acids is 2. The molecule has 7 heteroatoms. The summed E-state index contributed by atoms with van der Waals surface area (Å²) >= 11 is 0. The molecule has 1 saturated heterocycles. The zero-order chi connectivity index (χ0) is 18.2. The minimum absolute atomic E-state index is 0.0326. The second kappa shape index (κ2) is 9.16. The molecule has 134 valence electrons. The summed E-state index contributed by atoms with van der Waals surface area (Å²) in [5, 5.41) is 18.7. The van der Waals surface area contributed by atoms with E-state index in [2.05, 4.69) is 4.90 Å². The third-order valence-corrected chi connectivity index (χ3v) is 4.11. The van der Waals surface area contributed by atoms with Crippen molar-refractivity contribution in [2.24, 2.45) is 0 Å². The number of benzene rings is 1. The number of aliphatic hydroxyl groups is 1.